The van der Waals surface area contributed by atoms with Crippen molar-refractivity contribution in [2.45, 2.75) is 38.6 Å². The van der Waals surface area contributed by atoms with Crippen LogP contribution in [0.2, 0.25) is 0 Å². The summed E-state index contributed by atoms with van der Waals surface area (Å²) in [5, 5.41) is 0. The first-order valence-corrected chi connectivity index (χ1v) is 5.39. The van der Waals surface area contributed by atoms with Crippen molar-refractivity contribution in [2.24, 2.45) is 12.8 Å². The van der Waals surface area contributed by atoms with Crippen LogP contribution < -0.4 is 5.73 Å². The fourth-order valence-electron chi connectivity index (χ4n) is 1.44. The van der Waals surface area contributed by atoms with Crippen LogP contribution in [0.1, 0.15) is 32.0 Å². The van der Waals surface area contributed by atoms with E-state index in [1.165, 1.54) is 0 Å². The van der Waals surface area contributed by atoms with Crippen molar-refractivity contribution in [1.82, 2.24) is 9.55 Å². The number of hydrogen-bond acceptors (Lipinski definition) is 3. The summed E-state index contributed by atoms with van der Waals surface area (Å²) in [4.78, 5) is 15.8. The third-order valence-electron chi connectivity index (χ3n) is 2.54. The van der Waals surface area contributed by atoms with Gasteiger partial charge < -0.3 is 10.3 Å². The molecule has 2 N–H and O–H groups in total. The second-order valence-electron chi connectivity index (χ2n) is 3.85. The van der Waals surface area contributed by atoms with Gasteiger partial charge in [-0.2, -0.15) is 0 Å². The van der Waals surface area contributed by atoms with Gasteiger partial charge in [0.25, 0.3) is 0 Å². The van der Waals surface area contributed by atoms with Gasteiger partial charge in [0.1, 0.15) is 5.82 Å². The summed E-state index contributed by atoms with van der Waals surface area (Å²) in [6.45, 7) is 2.09. The van der Waals surface area contributed by atoms with Crippen molar-refractivity contribution < 1.29 is 4.79 Å². The number of imidazole rings is 1. The predicted octanol–water partition coefficient (Wildman–Crippen LogP) is 1.05. The minimum absolute atomic E-state index is 0.0813. The summed E-state index contributed by atoms with van der Waals surface area (Å²) >= 11 is 0. The molecule has 15 heavy (non-hydrogen) atoms. The Bertz CT molecular complexity index is 319. The van der Waals surface area contributed by atoms with E-state index in [1.54, 1.807) is 6.20 Å². The van der Waals surface area contributed by atoms with Crippen molar-refractivity contribution >= 4 is 5.78 Å². The molecule has 0 aromatic carbocycles. The average molecular weight is 209 g/mol. The molecule has 4 heteroatoms. The van der Waals surface area contributed by atoms with Crippen LogP contribution in [0, 0.1) is 0 Å². The van der Waals surface area contributed by atoms with Crippen LogP contribution in [-0.2, 0) is 18.3 Å². The first-order valence-electron chi connectivity index (χ1n) is 5.39. The van der Waals surface area contributed by atoms with E-state index in [-0.39, 0.29) is 11.8 Å². The van der Waals surface area contributed by atoms with Gasteiger partial charge in [-0.05, 0) is 6.42 Å². The highest BCUT2D eigenvalue weighted by Crippen LogP contribution is 2.03. The molecule has 4 nitrogen and oxygen atoms in total. The molecule has 0 radical (unpaired) electrons. The Balaban J connectivity index is 2.45. The summed E-state index contributed by atoms with van der Waals surface area (Å²) in [6, 6.07) is -0.332. The largest absolute Gasteiger partial charge is 0.338 e. The maximum atomic E-state index is 11.7. The Labute approximate surface area is 90.5 Å². The minimum atomic E-state index is -0.332. The standard InChI is InChI=1S/C11H19N3O/c1-3-4-5-9(12)10(15)8-11-13-6-7-14(11)2/h6-7,9H,3-5,8,12H2,1-2H3. The molecule has 84 valence electrons. The van der Waals surface area contributed by atoms with Gasteiger partial charge in [0.15, 0.2) is 5.78 Å². The topological polar surface area (TPSA) is 60.9 Å². The van der Waals surface area contributed by atoms with Gasteiger partial charge >= 0.3 is 0 Å². The monoisotopic (exact) mass is 209 g/mol. The lowest BCUT2D eigenvalue weighted by Gasteiger charge is -2.09. The van der Waals surface area contributed by atoms with Crippen molar-refractivity contribution in [2.75, 3.05) is 0 Å². The normalized spacial score (nSPS) is 12.7. The third-order valence-corrected chi connectivity index (χ3v) is 2.54. The first kappa shape index (κ1) is 11.9. The van der Waals surface area contributed by atoms with Crippen molar-refractivity contribution in [3.8, 4) is 0 Å². The zero-order valence-electron chi connectivity index (χ0n) is 9.44. The SMILES string of the molecule is CCCCC(N)C(=O)Cc1nccn1C. The fourth-order valence-corrected chi connectivity index (χ4v) is 1.44. The van der Waals surface area contributed by atoms with E-state index in [2.05, 4.69) is 11.9 Å². The zero-order valence-corrected chi connectivity index (χ0v) is 9.44. The molecule has 1 aromatic heterocycles. The quantitative estimate of drug-likeness (QED) is 0.761. The summed E-state index contributed by atoms with van der Waals surface area (Å²) in [5.74, 6) is 0.865. The third kappa shape index (κ3) is 3.47. The Morgan fingerprint density at radius 2 is 2.40 bits per heavy atom. The molecule has 1 rings (SSSR count). The molecular weight excluding hydrogens is 190 g/mol. The number of aromatic nitrogens is 2. The molecule has 1 aromatic rings. The molecule has 0 bridgehead atoms. The molecule has 1 heterocycles. The summed E-state index contributed by atoms with van der Waals surface area (Å²) in [5.41, 5.74) is 5.78. The van der Waals surface area contributed by atoms with Crippen LogP contribution in [0.3, 0.4) is 0 Å². The second-order valence-corrected chi connectivity index (χ2v) is 3.85. The Morgan fingerprint density at radius 3 is 2.93 bits per heavy atom. The first-order chi connectivity index (χ1) is 7.15. The highest BCUT2D eigenvalue weighted by atomic mass is 16.1. The predicted molar refractivity (Wildman–Crippen MR) is 59.4 cm³/mol. The average Bonchev–Trinajstić information content (AvgIpc) is 2.61. The van der Waals surface area contributed by atoms with Gasteiger partial charge in [0.2, 0.25) is 0 Å². The summed E-state index contributed by atoms with van der Waals surface area (Å²) in [7, 11) is 1.88. The summed E-state index contributed by atoms with van der Waals surface area (Å²) in [6.07, 6.45) is 6.73. The molecule has 0 spiro atoms. The molecular formula is C11H19N3O. The number of ketones is 1. The fraction of sp³-hybridized carbons (Fsp3) is 0.636. The maximum Gasteiger partial charge on any atom is 0.157 e. The molecule has 0 saturated carbocycles. The number of hydrogen-bond donors (Lipinski definition) is 1. The lowest BCUT2D eigenvalue weighted by Crippen LogP contribution is -2.32. The highest BCUT2D eigenvalue weighted by molar-refractivity contribution is 5.85. The lowest BCUT2D eigenvalue weighted by atomic mass is 10.0. The van der Waals surface area contributed by atoms with Crippen LogP contribution in [0.5, 0.6) is 0 Å². The number of Topliss-reactive ketones (excluding diaryl/α,β-unsaturated/α-hetero) is 1. The molecule has 0 fully saturated rings. The number of nitrogens with zero attached hydrogens (tertiary/aromatic N) is 2. The highest BCUT2D eigenvalue weighted by Gasteiger charge is 2.15. The molecule has 1 unspecified atom stereocenters. The van der Waals surface area contributed by atoms with Gasteiger partial charge in [-0.3, -0.25) is 4.79 Å². The van der Waals surface area contributed by atoms with Crippen LogP contribution in [0.4, 0.5) is 0 Å². The number of unbranched alkanes of at least 4 members (excludes halogenated alkanes) is 1. The Kier molecular flexibility index (Phi) is 4.49. The minimum Gasteiger partial charge on any atom is -0.338 e. The van der Waals surface area contributed by atoms with Crippen molar-refractivity contribution in [1.29, 1.82) is 0 Å². The number of carbonyl (C=O) groups is 1. The van der Waals surface area contributed by atoms with Crippen LogP contribution in [0.25, 0.3) is 0 Å². The van der Waals surface area contributed by atoms with Crippen molar-refractivity contribution in [3.05, 3.63) is 18.2 Å². The van der Waals surface area contributed by atoms with E-state index in [0.717, 1.165) is 25.1 Å². The maximum absolute atomic E-state index is 11.7. The zero-order chi connectivity index (χ0) is 11.3. The van der Waals surface area contributed by atoms with E-state index in [4.69, 9.17) is 5.73 Å². The number of aryl methyl sites for hydroxylation is 1. The molecule has 0 amide bonds. The van der Waals surface area contributed by atoms with Crippen LogP contribution >= 0.6 is 0 Å². The van der Waals surface area contributed by atoms with Gasteiger partial charge in [0, 0.05) is 19.4 Å². The molecule has 0 aliphatic rings. The number of carbonyl (C=O) groups excluding carboxylic acids is 1. The smallest absolute Gasteiger partial charge is 0.157 e. The van der Waals surface area contributed by atoms with E-state index in [0.29, 0.717) is 6.42 Å². The van der Waals surface area contributed by atoms with E-state index >= 15 is 0 Å². The van der Waals surface area contributed by atoms with Gasteiger partial charge in [-0.25, -0.2) is 4.98 Å². The lowest BCUT2D eigenvalue weighted by molar-refractivity contribution is -0.119. The van der Waals surface area contributed by atoms with Crippen LogP contribution in [-0.4, -0.2) is 21.4 Å². The van der Waals surface area contributed by atoms with Gasteiger partial charge in [-0.1, -0.05) is 19.8 Å². The second kappa shape index (κ2) is 5.66. The number of rotatable bonds is 6. The Hall–Kier alpha value is -1.16. The molecule has 0 saturated heterocycles. The van der Waals surface area contributed by atoms with Crippen LogP contribution in [0.15, 0.2) is 12.4 Å². The number of nitrogens with two attached hydrogens (primary N) is 1. The van der Waals surface area contributed by atoms with Crippen molar-refractivity contribution in [3.63, 3.8) is 0 Å². The van der Waals surface area contributed by atoms with E-state index < -0.39 is 0 Å². The Morgan fingerprint density at radius 1 is 1.67 bits per heavy atom. The molecule has 0 aliphatic carbocycles. The van der Waals surface area contributed by atoms with Gasteiger partial charge in [0.05, 0.1) is 12.5 Å². The van der Waals surface area contributed by atoms with E-state index in [1.807, 2.05) is 17.8 Å². The van der Waals surface area contributed by atoms with Gasteiger partial charge in [-0.15, -0.1) is 0 Å². The molecule has 1 atom stereocenters. The molecule has 0 aliphatic heterocycles. The summed E-state index contributed by atoms with van der Waals surface area (Å²) < 4.78 is 1.85. The van der Waals surface area contributed by atoms with E-state index in [9.17, 15) is 4.79 Å².